The van der Waals surface area contributed by atoms with Crippen LogP contribution in [0.4, 0.5) is 5.95 Å². The van der Waals surface area contributed by atoms with Gasteiger partial charge >= 0.3 is 0 Å². The van der Waals surface area contributed by atoms with Crippen LogP contribution in [0.2, 0.25) is 0 Å². The molecule has 0 fully saturated rings. The second-order valence-corrected chi connectivity index (χ2v) is 5.20. The van der Waals surface area contributed by atoms with E-state index in [9.17, 15) is 0 Å². The largest absolute Gasteiger partial charge is 0.439 e. The van der Waals surface area contributed by atoms with E-state index in [2.05, 4.69) is 47.3 Å². The second-order valence-electron chi connectivity index (χ2n) is 5.20. The Morgan fingerprint density at radius 2 is 1.85 bits per heavy atom. The smallest absolute Gasteiger partial charge is 0.225 e. The number of aromatic nitrogens is 2. The highest BCUT2D eigenvalue weighted by atomic mass is 16.5. The van der Waals surface area contributed by atoms with Crippen LogP contribution in [-0.4, -0.2) is 17.0 Å². The molecule has 0 spiro atoms. The molecule has 0 amide bonds. The van der Waals surface area contributed by atoms with Crippen molar-refractivity contribution >= 4 is 5.95 Å². The van der Waals surface area contributed by atoms with Gasteiger partial charge in [0.1, 0.15) is 5.75 Å². The molecule has 0 aliphatic carbocycles. The van der Waals surface area contributed by atoms with Crippen molar-refractivity contribution in [3.8, 4) is 11.6 Å². The van der Waals surface area contributed by atoms with Crippen molar-refractivity contribution in [1.29, 1.82) is 0 Å². The number of aryl methyl sites for hydroxylation is 2. The number of anilines is 1. The van der Waals surface area contributed by atoms with E-state index in [4.69, 9.17) is 4.74 Å². The lowest BCUT2D eigenvalue weighted by Crippen LogP contribution is -2.00. The van der Waals surface area contributed by atoms with Crippen LogP contribution in [0.15, 0.2) is 24.3 Å². The maximum absolute atomic E-state index is 5.93. The zero-order valence-corrected chi connectivity index (χ0v) is 12.7. The zero-order chi connectivity index (χ0) is 14.7. The molecule has 1 aromatic carbocycles. The van der Waals surface area contributed by atoms with Gasteiger partial charge in [0.05, 0.1) is 0 Å². The van der Waals surface area contributed by atoms with Gasteiger partial charge in [-0.25, -0.2) is 4.98 Å². The first kappa shape index (κ1) is 14.3. The summed E-state index contributed by atoms with van der Waals surface area (Å²) in [4.78, 5) is 8.58. The predicted octanol–water partition coefficient (Wildman–Crippen LogP) is 4.05. The molecule has 2 aromatic rings. The van der Waals surface area contributed by atoms with E-state index in [0.29, 0.717) is 17.7 Å². The molecular formula is C16H21N3O. The predicted molar refractivity (Wildman–Crippen MR) is 81.7 cm³/mol. The van der Waals surface area contributed by atoms with Gasteiger partial charge < -0.3 is 10.1 Å². The summed E-state index contributed by atoms with van der Waals surface area (Å²) >= 11 is 0. The average molecular weight is 271 g/mol. The molecule has 0 aliphatic heterocycles. The van der Waals surface area contributed by atoms with Crippen molar-refractivity contribution in [1.82, 2.24) is 9.97 Å². The topological polar surface area (TPSA) is 47.0 Å². The number of hydrogen-bond acceptors (Lipinski definition) is 4. The van der Waals surface area contributed by atoms with Crippen LogP contribution in [0.25, 0.3) is 0 Å². The van der Waals surface area contributed by atoms with Crippen LogP contribution in [0.1, 0.15) is 36.6 Å². The Bertz CT molecular complexity index is 609. The Hall–Kier alpha value is -2.10. The molecule has 2 rings (SSSR count). The van der Waals surface area contributed by atoms with Gasteiger partial charge in [0, 0.05) is 18.8 Å². The first-order chi connectivity index (χ1) is 9.49. The van der Waals surface area contributed by atoms with E-state index in [-0.39, 0.29) is 0 Å². The summed E-state index contributed by atoms with van der Waals surface area (Å²) in [7, 11) is 1.79. The molecule has 20 heavy (non-hydrogen) atoms. The lowest BCUT2D eigenvalue weighted by atomic mass is 10.0. The Balaban J connectivity index is 2.34. The lowest BCUT2D eigenvalue weighted by Gasteiger charge is -2.12. The van der Waals surface area contributed by atoms with E-state index < -0.39 is 0 Å². The van der Waals surface area contributed by atoms with E-state index in [1.807, 2.05) is 19.9 Å². The fraction of sp³-hybridized carbons (Fsp3) is 0.375. The number of nitrogens with one attached hydrogen (secondary N) is 1. The Morgan fingerprint density at radius 3 is 2.50 bits per heavy atom. The van der Waals surface area contributed by atoms with Gasteiger partial charge in [0.2, 0.25) is 11.8 Å². The Morgan fingerprint density at radius 1 is 1.10 bits per heavy atom. The lowest BCUT2D eigenvalue weighted by molar-refractivity contribution is 0.457. The molecule has 0 saturated carbocycles. The van der Waals surface area contributed by atoms with Crippen LogP contribution < -0.4 is 10.1 Å². The van der Waals surface area contributed by atoms with Crippen molar-refractivity contribution < 1.29 is 4.74 Å². The van der Waals surface area contributed by atoms with Crippen LogP contribution >= 0.6 is 0 Å². The molecule has 1 N–H and O–H groups in total. The van der Waals surface area contributed by atoms with Gasteiger partial charge in [-0.1, -0.05) is 26.0 Å². The van der Waals surface area contributed by atoms with Crippen molar-refractivity contribution in [3.05, 3.63) is 41.1 Å². The van der Waals surface area contributed by atoms with Gasteiger partial charge in [-0.3, -0.25) is 0 Å². The molecule has 0 aliphatic rings. The van der Waals surface area contributed by atoms with E-state index in [0.717, 1.165) is 17.0 Å². The van der Waals surface area contributed by atoms with E-state index >= 15 is 0 Å². The van der Waals surface area contributed by atoms with Gasteiger partial charge in [-0.2, -0.15) is 4.98 Å². The van der Waals surface area contributed by atoms with Crippen molar-refractivity contribution in [2.75, 3.05) is 12.4 Å². The molecule has 4 nitrogen and oxygen atoms in total. The highest BCUT2D eigenvalue weighted by Gasteiger charge is 2.08. The molecule has 0 saturated heterocycles. The number of ether oxygens (including phenoxy) is 1. The third kappa shape index (κ3) is 3.26. The van der Waals surface area contributed by atoms with Gasteiger partial charge in [-0.15, -0.1) is 0 Å². The molecule has 0 bridgehead atoms. The summed E-state index contributed by atoms with van der Waals surface area (Å²) in [6.45, 7) is 8.30. The standard InChI is InChI=1S/C16H21N3O/c1-10(2)13-7-6-11(3)14(9-13)20-15-8-12(4)18-16(17-5)19-15/h6-10H,1-5H3,(H,17,18,19). The fourth-order valence-electron chi connectivity index (χ4n) is 1.90. The van der Waals surface area contributed by atoms with Crippen molar-refractivity contribution in [2.24, 2.45) is 0 Å². The van der Waals surface area contributed by atoms with Crippen LogP contribution in [-0.2, 0) is 0 Å². The fourth-order valence-corrected chi connectivity index (χ4v) is 1.90. The van der Waals surface area contributed by atoms with Crippen LogP contribution in [0.5, 0.6) is 11.6 Å². The minimum Gasteiger partial charge on any atom is -0.439 e. The summed E-state index contributed by atoms with van der Waals surface area (Å²) in [6, 6.07) is 8.13. The Kier molecular flexibility index (Phi) is 4.23. The number of nitrogens with zero attached hydrogens (tertiary/aromatic N) is 2. The summed E-state index contributed by atoms with van der Waals surface area (Å²) in [5.74, 6) is 2.44. The Labute approximate surface area is 120 Å². The first-order valence-corrected chi connectivity index (χ1v) is 6.81. The zero-order valence-electron chi connectivity index (χ0n) is 12.7. The van der Waals surface area contributed by atoms with Crippen LogP contribution in [0.3, 0.4) is 0 Å². The maximum Gasteiger partial charge on any atom is 0.225 e. The first-order valence-electron chi connectivity index (χ1n) is 6.81. The van der Waals surface area contributed by atoms with Gasteiger partial charge in [0.25, 0.3) is 0 Å². The highest BCUT2D eigenvalue weighted by Crippen LogP contribution is 2.28. The quantitative estimate of drug-likeness (QED) is 0.911. The SMILES string of the molecule is CNc1nc(C)cc(Oc2cc(C(C)C)ccc2C)n1. The molecule has 1 heterocycles. The van der Waals surface area contributed by atoms with Gasteiger partial charge in [0.15, 0.2) is 0 Å². The summed E-state index contributed by atoms with van der Waals surface area (Å²) in [6.07, 6.45) is 0. The third-order valence-corrected chi connectivity index (χ3v) is 3.15. The monoisotopic (exact) mass is 271 g/mol. The minimum atomic E-state index is 0.470. The van der Waals surface area contributed by atoms with Crippen molar-refractivity contribution in [2.45, 2.75) is 33.6 Å². The molecule has 4 heteroatoms. The van der Waals surface area contributed by atoms with Gasteiger partial charge in [-0.05, 0) is 37.0 Å². The highest BCUT2D eigenvalue weighted by molar-refractivity contribution is 5.41. The minimum absolute atomic E-state index is 0.470. The summed E-state index contributed by atoms with van der Waals surface area (Å²) in [5, 5.41) is 2.94. The summed E-state index contributed by atoms with van der Waals surface area (Å²) < 4.78 is 5.93. The molecule has 106 valence electrons. The normalized spacial score (nSPS) is 10.7. The van der Waals surface area contributed by atoms with Crippen molar-refractivity contribution in [3.63, 3.8) is 0 Å². The second kappa shape index (κ2) is 5.90. The number of hydrogen-bond donors (Lipinski definition) is 1. The molecule has 0 unspecified atom stereocenters. The third-order valence-electron chi connectivity index (χ3n) is 3.15. The number of benzene rings is 1. The van der Waals surface area contributed by atoms with E-state index in [1.165, 1.54) is 5.56 Å². The summed E-state index contributed by atoms with van der Waals surface area (Å²) in [5.41, 5.74) is 3.22. The van der Waals surface area contributed by atoms with Crippen LogP contribution in [0, 0.1) is 13.8 Å². The average Bonchev–Trinajstić information content (AvgIpc) is 2.40. The molecular weight excluding hydrogens is 250 g/mol. The molecule has 1 aromatic heterocycles. The number of rotatable bonds is 4. The molecule has 0 atom stereocenters. The molecule has 0 radical (unpaired) electrons. The van der Waals surface area contributed by atoms with E-state index in [1.54, 1.807) is 7.05 Å². The maximum atomic E-state index is 5.93.